The minimum absolute atomic E-state index is 0.143. The monoisotopic (exact) mass is 354 g/mol. The molecule has 25 heavy (non-hydrogen) atoms. The molecule has 0 fully saturated rings. The van der Waals surface area contributed by atoms with Gasteiger partial charge in [0.2, 0.25) is 5.43 Å². The van der Waals surface area contributed by atoms with Crippen molar-refractivity contribution in [1.29, 1.82) is 0 Å². The van der Waals surface area contributed by atoms with Crippen LogP contribution in [0.25, 0.3) is 10.9 Å². The Bertz CT molecular complexity index is 965. The number of carbonyl (C=O) groups excluding carboxylic acids is 1. The minimum Gasteiger partial charge on any atom is -0.352 e. The second kappa shape index (κ2) is 7.53. The number of pyridine rings is 1. The number of halogens is 1. The molecule has 0 unspecified atom stereocenters. The molecular formula is C20H19ClN2O2. The molecule has 0 aliphatic rings. The van der Waals surface area contributed by atoms with Crippen molar-refractivity contribution in [1.82, 2.24) is 9.88 Å². The molecule has 1 heterocycles. The van der Waals surface area contributed by atoms with Gasteiger partial charge in [0, 0.05) is 29.7 Å². The summed E-state index contributed by atoms with van der Waals surface area (Å²) < 4.78 is 1.89. The summed E-state index contributed by atoms with van der Waals surface area (Å²) in [5.74, 6) is -0.356. The second-order valence-electron chi connectivity index (χ2n) is 5.81. The van der Waals surface area contributed by atoms with Crippen LogP contribution in [0.1, 0.15) is 22.8 Å². The molecule has 5 heteroatoms. The molecule has 0 saturated heterocycles. The molecule has 0 aliphatic carbocycles. The lowest BCUT2D eigenvalue weighted by molar-refractivity contribution is 0.0952. The highest BCUT2D eigenvalue weighted by Crippen LogP contribution is 2.17. The van der Waals surface area contributed by atoms with Gasteiger partial charge in [-0.05, 0) is 37.1 Å². The lowest BCUT2D eigenvalue weighted by atomic mass is 10.1. The number of aryl methyl sites for hydroxylation is 1. The van der Waals surface area contributed by atoms with E-state index >= 15 is 0 Å². The SMILES string of the molecule is CCn1cc(C(=O)NCCc2ccccc2)c(=O)c2cc(Cl)ccc21. The van der Waals surface area contributed by atoms with E-state index in [0.29, 0.717) is 29.9 Å². The predicted octanol–water partition coefficient (Wildman–Crippen LogP) is 3.65. The highest BCUT2D eigenvalue weighted by atomic mass is 35.5. The van der Waals surface area contributed by atoms with Crippen molar-refractivity contribution in [2.24, 2.45) is 0 Å². The van der Waals surface area contributed by atoms with E-state index in [1.54, 1.807) is 24.4 Å². The second-order valence-corrected chi connectivity index (χ2v) is 6.25. The standard InChI is InChI=1S/C20H19ClN2O2/c1-2-23-13-17(19(24)16-12-15(21)8-9-18(16)23)20(25)22-11-10-14-6-4-3-5-7-14/h3-9,12-13H,2,10-11H2,1H3,(H,22,25). The highest BCUT2D eigenvalue weighted by molar-refractivity contribution is 6.31. The van der Waals surface area contributed by atoms with E-state index in [1.807, 2.05) is 41.8 Å². The first-order valence-electron chi connectivity index (χ1n) is 8.25. The Kier molecular flexibility index (Phi) is 5.19. The van der Waals surface area contributed by atoms with Crippen LogP contribution in [0.2, 0.25) is 5.02 Å². The van der Waals surface area contributed by atoms with E-state index in [4.69, 9.17) is 11.6 Å². The molecule has 128 valence electrons. The summed E-state index contributed by atoms with van der Waals surface area (Å²) in [4.78, 5) is 25.2. The van der Waals surface area contributed by atoms with Crippen LogP contribution in [-0.4, -0.2) is 17.0 Å². The van der Waals surface area contributed by atoms with Crippen molar-refractivity contribution in [3.05, 3.63) is 81.1 Å². The predicted molar refractivity (Wildman–Crippen MR) is 101 cm³/mol. The summed E-state index contributed by atoms with van der Waals surface area (Å²) >= 11 is 6.02. The number of fused-ring (bicyclic) bond motifs is 1. The summed E-state index contributed by atoms with van der Waals surface area (Å²) in [5.41, 5.74) is 1.76. The van der Waals surface area contributed by atoms with Gasteiger partial charge in [0.25, 0.3) is 5.91 Å². The lowest BCUT2D eigenvalue weighted by Crippen LogP contribution is -2.31. The van der Waals surface area contributed by atoms with Crippen LogP contribution in [0, 0.1) is 0 Å². The number of nitrogens with one attached hydrogen (secondary N) is 1. The molecule has 0 bridgehead atoms. The van der Waals surface area contributed by atoms with Crippen molar-refractivity contribution >= 4 is 28.4 Å². The number of benzene rings is 2. The maximum atomic E-state index is 12.7. The van der Waals surface area contributed by atoms with E-state index in [-0.39, 0.29) is 16.9 Å². The van der Waals surface area contributed by atoms with Crippen LogP contribution in [0.5, 0.6) is 0 Å². The largest absolute Gasteiger partial charge is 0.352 e. The molecule has 3 aromatic rings. The fourth-order valence-corrected chi connectivity index (χ4v) is 3.03. The quantitative estimate of drug-likeness (QED) is 0.760. The molecule has 0 radical (unpaired) electrons. The Labute approximate surface area is 151 Å². The van der Waals surface area contributed by atoms with Gasteiger partial charge >= 0.3 is 0 Å². The van der Waals surface area contributed by atoms with Gasteiger partial charge < -0.3 is 9.88 Å². The summed E-state index contributed by atoms with van der Waals surface area (Å²) in [6.45, 7) is 3.10. The molecule has 1 aromatic heterocycles. The fourth-order valence-electron chi connectivity index (χ4n) is 2.85. The lowest BCUT2D eigenvalue weighted by Gasteiger charge is -2.12. The van der Waals surface area contributed by atoms with Crippen LogP contribution in [0.15, 0.2) is 59.5 Å². The number of hydrogen-bond acceptors (Lipinski definition) is 2. The minimum atomic E-state index is -0.356. The van der Waals surface area contributed by atoms with Crippen molar-refractivity contribution in [3.63, 3.8) is 0 Å². The molecule has 4 nitrogen and oxygen atoms in total. The van der Waals surface area contributed by atoms with Crippen LogP contribution in [0.3, 0.4) is 0 Å². The maximum Gasteiger partial charge on any atom is 0.256 e. The number of rotatable bonds is 5. The molecule has 0 spiro atoms. The van der Waals surface area contributed by atoms with E-state index in [0.717, 1.165) is 11.1 Å². The fraction of sp³-hybridized carbons (Fsp3) is 0.200. The van der Waals surface area contributed by atoms with Crippen LogP contribution < -0.4 is 10.7 Å². The van der Waals surface area contributed by atoms with E-state index < -0.39 is 0 Å². The molecule has 0 saturated carbocycles. The van der Waals surface area contributed by atoms with E-state index in [1.165, 1.54) is 0 Å². The highest BCUT2D eigenvalue weighted by Gasteiger charge is 2.15. The zero-order valence-electron chi connectivity index (χ0n) is 14.0. The van der Waals surface area contributed by atoms with Gasteiger partial charge in [0.1, 0.15) is 5.56 Å². The van der Waals surface area contributed by atoms with Gasteiger partial charge in [-0.2, -0.15) is 0 Å². The van der Waals surface area contributed by atoms with Crippen molar-refractivity contribution in [2.45, 2.75) is 19.9 Å². The normalized spacial score (nSPS) is 10.8. The van der Waals surface area contributed by atoms with Crippen molar-refractivity contribution in [3.8, 4) is 0 Å². The molecule has 0 atom stereocenters. The average Bonchev–Trinajstić information content (AvgIpc) is 2.63. The third-order valence-electron chi connectivity index (χ3n) is 4.17. The van der Waals surface area contributed by atoms with Gasteiger partial charge in [-0.3, -0.25) is 9.59 Å². The number of hydrogen-bond donors (Lipinski definition) is 1. The Morgan fingerprint density at radius 2 is 1.92 bits per heavy atom. The van der Waals surface area contributed by atoms with Crippen LogP contribution in [-0.2, 0) is 13.0 Å². The van der Waals surface area contributed by atoms with Gasteiger partial charge in [0.15, 0.2) is 0 Å². The number of carbonyl (C=O) groups is 1. The van der Waals surface area contributed by atoms with Crippen LogP contribution >= 0.6 is 11.6 Å². The molecule has 0 aliphatic heterocycles. The molecule has 2 aromatic carbocycles. The molecule has 3 rings (SSSR count). The first kappa shape index (κ1) is 17.2. The number of nitrogens with zero attached hydrogens (tertiary/aromatic N) is 1. The van der Waals surface area contributed by atoms with Crippen LogP contribution in [0.4, 0.5) is 0 Å². The summed E-state index contributed by atoms with van der Waals surface area (Å²) in [6, 6.07) is 15.1. The number of amides is 1. The summed E-state index contributed by atoms with van der Waals surface area (Å²) in [5, 5.41) is 3.78. The molecule has 1 amide bonds. The smallest absolute Gasteiger partial charge is 0.256 e. The molecule has 1 N–H and O–H groups in total. The van der Waals surface area contributed by atoms with Crippen molar-refractivity contribution in [2.75, 3.05) is 6.54 Å². The Morgan fingerprint density at radius 3 is 2.64 bits per heavy atom. The van der Waals surface area contributed by atoms with Crippen molar-refractivity contribution < 1.29 is 4.79 Å². The van der Waals surface area contributed by atoms with E-state index in [2.05, 4.69) is 5.32 Å². The summed E-state index contributed by atoms with van der Waals surface area (Å²) in [6.07, 6.45) is 2.34. The maximum absolute atomic E-state index is 12.7. The van der Waals surface area contributed by atoms with Gasteiger partial charge in [0.05, 0.1) is 5.52 Å². The zero-order valence-corrected chi connectivity index (χ0v) is 14.7. The topological polar surface area (TPSA) is 51.1 Å². The van der Waals surface area contributed by atoms with Gasteiger partial charge in [-0.25, -0.2) is 0 Å². The van der Waals surface area contributed by atoms with Gasteiger partial charge in [-0.1, -0.05) is 41.9 Å². The zero-order chi connectivity index (χ0) is 17.8. The third kappa shape index (κ3) is 3.74. The first-order chi connectivity index (χ1) is 12.1. The Hall–Kier alpha value is -2.59. The third-order valence-corrected chi connectivity index (χ3v) is 4.40. The van der Waals surface area contributed by atoms with Gasteiger partial charge in [-0.15, -0.1) is 0 Å². The molecular weight excluding hydrogens is 336 g/mol. The Balaban J connectivity index is 1.86. The van der Waals surface area contributed by atoms with E-state index in [9.17, 15) is 9.59 Å². The average molecular weight is 355 g/mol. The first-order valence-corrected chi connectivity index (χ1v) is 8.62. The summed E-state index contributed by atoms with van der Waals surface area (Å²) in [7, 11) is 0. The number of aromatic nitrogens is 1. The Morgan fingerprint density at radius 1 is 1.16 bits per heavy atom.